The molecule has 0 bridgehead atoms. The molecule has 3 heterocycles. The number of aromatic nitrogens is 3. The van der Waals surface area contributed by atoms with Crippen LogP contribution in [0, 0.1) is 0 Å². The molecule has 0 atom stereocenters. The largest absolute Gasteiger partial charge is 0.457 e. The molecule has 11 rings (SSSR count). The first-order valence-electron chi connectivity index (χ1n) is 22.9. The summed E-state index contributed by atoms with van der Waals surface area (Å²) in [7, 11) is 0. The van der Waals surface area contributed by atoms with Gasteiger partial charge < -0.3 is 15.0 Å². The summed E-state index contributed by atoms with van der Waals surface area (Å²) in [5, 5.41) is 13.1. The maximum atomic E-state index is 6.73. The number of pyridine rings is 1. The van der Waals surface area contributed by atoms with E-state index in [4.69, 9.17) is 9.72 Å². The number of fused-ring (bicyclic) bond motifs is 10. The third kappa shape index (κ3) is 7.37. The highest BCUT2D eigenvalue weighted by molar-refractivity contribution is 6.21. The van der Waals surface area contributed by atoms with E-state index in [0.717, 1.165) is 77.9 Å². The first kappa shape index (κ1) is 40.9. The van der Waals surface area contributed by atoms with Crippen molar-refractivity contribution in [2.45, 2.75) is 52.4 Å². The van der Waals surface area contributed by atoms with E-state index in [9.17, 15) is 0 Å². The van der Waals surface area contributed by atoms with Gasteiger partial charge in [-0.05, 0) is 97.6 Å². The van der Waals surface area contributed by atoms with Gasteiger partial charge in [-0.3, -0.25) is 4.57 Å². The number of hydrogen-bond donors (Lipinski definition) is 2. The fourth-order valence-electron chi connectivity index (χ4n) is 9.55. The van der Waals surface area contributed by atoms with Crippen LogP contribution in [0.3, 0.4) is 0 Å². The summed E-state index contributed by atoms with van der Waals surface area (Å²) >= 11 is 0. The second-order valence-corrected chi connectivity index (χ2v) is 19.4. The van der Waals surface area contributed by atoms with Crippen LogP contribution >= 0.6 is 0 Å². The summed E-state index contributed by atoms with van der Waals surface area (Å²) in [4.78, 5) is 8.97. The number of anilines is 2. The van der Waals surface area contributed by atoms with Gasteiger partial charge in [-0.2, -0.15) is 0 Å². The maximum Gasteiger partial charge on any atom is 0.137 e. The summed E-state index contributed by atoms with van der Waals surface area (Å²) in [6, 6.07) is 67.2. The van der Waals surface area contributed by atoms with Crippen LogP contribution in [-0.4, -0.2) is 14.5 Å². The van der Waals surface area contributed by atoms with Gasteiger partial charge in [0.15, 0.2) is 0 Å². The first-order valence-corrected chi connectivity index (χ1v) is 22.9. The van der Waals surface area contributed by atoms with Gasteiger partial charge in [-0.25, -0.2) is 4.98 Å². The Kier molecular flexibility index (Phi) is 9.89. The van der Waals surface area contributed by atoms with Crippen molar-refractivity contribution in [2.75, 3.05) is 5.32 Å². The van der Waals surface area contributed by atoms with Crippen LogP contribution in [-0.2, 0) is 10.8 Å². The Balaban J connectivity index is 1.06. The maximum absolute atomic E-state index is 6.73. The summed E-state index contributed by atoms with van der Waals surface area (Å²) in [6.07, 6.45) is 1.92. The fraction of sp³-hybridized carbons (Fsp3) is 0.131. The molecule has 0 aliphatic rings. The fourth-order valence-corrected chi connectivity index (χ4v) is 9.55. The number of nitrogens with one attached hydrogen (secondary N) is 2. The van der Waals surface area contributed by atoms with E-state index in [0.29, 0.717) is 0 Å². The lowest BCUT2D eigenvalue weighted by atomic mass is 9.85. The molecule has 3 aromatic heterocycles. The van der Waals surface area contributed by atoms with Gasteiger partial charge in [0.25, 0.3) is 0 Å². The summed E-state index contributed by atoms with van der Waals surface area (Å²) in [6.45, 7) is 13.5. The van der Waals surface area contributed by atoms with Gasteiger partial charge in [-0.1, -0.05) is 169 Å². The van der Waals surface area contributed by atoms with Crippen LogP contribution in [0.5, 0.6) is 11.5 Å². The van der Waals surface area contributed by atoms with E-state index < -0.39 is 0 Å². The van der Waals surface area contributed by atoms with Crippen LogP contribution < -0.4 is 10.1 Å². The molecule has 0 amide bonds. The minimum Gasteiger partial charge on any atom is -0.457 e. The SMILES string of the molecule is CC(C)(C)c1cccc(-c2cccc3c2[nH]c2c(Nc4cccc(Oc5ccc6c7ccccc7n(-c7cc(C(C)(C)C)ccn7)c6c5)c4)cccc2c2ccccc2c2ccccc32)c1. The molecule has 0 spiro atoms. The number of nitrogens with zero attached hydrogens (tertiary/aromatic N) is 2. The molecule has 11 aromatic rings. The normalized spacial score (nSPS) is 12.1. The minimum absolute atomic E-state index is 0.00315. The van der Waals surface area contributed by atoms with Gasteiger partial charge in [0.05, 0.1) is 27.8 Å². The average Bonchev–Trinajstić information content (AvgIpc) is 3.67. The zero-order valence-electron chi connectivity index (χ0n) is 38.3. The number of H-pyrrole nitrogens is 1. The Bertz CT molecular complexity index is 3750. The van der Waals surface area contributed by atoms with E-state index in [2.05, 4.69) is 232 Å². The van der Waals surface area contributed by atoms with Crippen LogP contribution in [0.25, 0.3) is 82.1 Å². The molecule has 0 fully saturated rings. The number of benzene rings is 8. The monoisotopic (exact) mass is 856 g/mol. The zero-order valence-corrected chi connectivity index (χ0v) is 38.3. The molecule has 0 radical (unpaired) electrons. The van der Waals surface area contributed by atoms with E-state index in [1.807, 2.05) is 18.3 Å². The Labute approximate surface area is 385 Å². The summed E-state index contributed by atoms with van der Waals surface area (Å²) < 4.78 is 8.99. The summed E-state index contributed by atoms with van der Waals surface area (Å²) in [5.74, 6) is 2.36. The summed E-state index contributed by atoms with van der Waals surface area (Å²) in [5.41, 5.74) is 10.9. The Hall–Kier alpha value is -7.89. The smallest absolute Gasteiger partial charge is 0.137 e. The van der Waals surface area contributed by atoms with Crippen molar-refractivity contribution >= 4 is 76.5 Å². The second-order valence-electron chi connectivity index (χ2n) is 19.4. The highest BCUT2D eigenvalue weighted by Crippen LogP contribution is 2.40. The van der Waals surface area contributed by atoms with Crippen molar-refractivity contribution in [1.29, 1.82) is 0 Å². The Morgan fingerprint density at radius 3 is 1.76 bits per heavy atom. The number of hydrogen-bond acceptors (Lipinski definition) is 3. The van der Waals surface area contributed by atoms with Crippen LogP contribution in [0.2, 0.25) is 0 Å². The van der Waals surface area contributed by atoms with E-state index in [-0.39, 0.29) is 10.8 Å². The van der Waals surface area contributed by atoms with Crippen molar-refractivity contribution in [3.05, 3.63) is 205 Å². The van der Waals surface area contributed by atoms with E-state index >= 15 is 0 Å². The van der Waals surface area contributed by atoms with Crippen molar-refractivity contribution in [1.82, 2.24) is 14.5 Å². The number of para-hydroxylation sites is 3. The molecule has 5 nitrogen and oxygen atoms in total. The highest BCUT2D eigenvalue weighted by atomic mass is 16.5. The zero-order chi connectivity index (χ0) is 45.2. The molecular weight excluding hydrogens is 805 g/mol. The lowest BCUT2D eigenvalue weighted by Crippen LogP contribution is -2.12. The lowest BCUT2D eigenvalue weighted by molar-refractivity contribution is 0.483. The lowest BCUT2D eigenvalue weighted by Gasteiger charge is -2.20. The number of rotatable bonds is 6. The third-order valence-corrected chi connectivity index (χ3v) is 13.0. The molecule has 0 saturated carbocycles. The molecule has 5 heteroatoms. The van der Waals surface area contributed by atoms with Gasteiger partial charge in [0.1, 0.15) is 17.3 Å². The van der Waals surface area contributed by atoms with Crippen molar-refractivity contribution in [2.24, 2.45) is 0 Å². The average molecular weight is 857 g/mol. The molecular formula is C61H52N4O. The highest BCUT2D eigenvalue weighted by Gasteiger charge is 2.19. The minimum atomic E-state index is -0.0148. The van der Waals surface area contributed by atoms with Crippen LogP contribution in [0.15, 0.2) is 194 Å². The quantitative estimate of drug-likeness (QED) is 0.175. The van der Waals surface area contributed by atoms with Crippen LogP contribution in [0.4, 0.5) is 11.4 Å². The molecule has 66 heavy (non-hydrogen) atoms. The van der Waals surface area contributed by atoms with Crippen molar-refractivity contribution in [3.8, 4) is 28.4 Å². The van der Waals surface area contributed by atoms with E-state index in [1.165, 1.54) is 38.2 Å². The van der Waals surface area contributed by atoms with Gasteiger partial charge in [0.2, 0.25) is 0 Å². The van der Waals surface area contributed by atoms with Gasteiger partial charge >= 0.3 is 0 Å². The second kappa shape index (κ2) is 16.0. The van der Waals surface area contributed by atoms with Gasteiger partial charge in [0, 0.05) is 51.1 Å². The Morgan fingerprint density at radius 2 is 1.03 bits per heavy atom. The standard InChI is InChI=1S/C61H52N4O/c1-60(2,3)40-18-13-17-39(35-40)45-26-15-27-52-48-23-9-7-21-46(48)47-22-8-10-24-49(47)53-28-16-29-54(59(53)64-58(45)52)63-42-19-14-20-43(37-42)66-44-31-32-51-50-25-11-12-30-55(50)65(56(51)38-44)57-36-41(33-34-62-57)61(4,5)6/h7-38,63-64H,1-6H3. The van der Waals surface area contributed by atoms with Crippen molar-refractivity contribution < 1.29 is 4.74 Å². The Morgan fingerprint density at radius 1 is 0.455 bits per heavy atom. The number of aromatic amines is 1. The first-order chi connectivity index (χ1) is 32.0. The molecule has 2 N–H and O–H groups in total. The van der Waals surface area contributed by atoms with Crippen molar-refractivity contribution in [3.63, 3.8) is 0 Å². The third-order valence-electron chi connectivity index (χ3n) is 13.0. The van der Waals surface area contributed by atoms with Crippen LogP contribution in [0.1, 0.15) is 52.7 Å². The molecule has 8 aromatic carbocycles. The molecule has 0 aliphatic heterocycles. The molecule has 322 valence electrons. The predicted octanol–water partition coefficient (Wildman–Crippen LogP) is 17.0. The molecule has 0 aliphatic carbocycles. The topological polar surface area (TPSA) is 54.9 Å². The number of ether oxygens (including phenoxy) is 1. The van der Waals surface area contributed by atoms with Gasteiger partial charge in [-0.15, -0.1) is 0 Å². The predicted molar refractivity (Wildman–Crippen MR) is 280 cm³/mol. The van der Waals surface area contributed by atoms with E-state index in [1.54, 1.807) is 0 Å². The molecule has 0 saturated heterocycles. The molecule has 0 unspecified atom stereocenters.